The zero-order valence-electron chi connectivity index (χ0n) is 11.1. The van der Waals surface area contributed by atoms with Crippen LogP contribution < -0.4 is 0 Å². The summed E-state index contributed by atoms with van der Waals surface area (Å²) in [5, 5.41) is 22.0. The van der Waals surface area contributed by atoms with Gasteiger partial charge in [-0.05, 0) is 24.5 Å². The van der Waals surface area contributed by atoms with Crippen molar-refractivity contribution in [1.29, 1.82) is 0 Å². The van der Waals surface area contributed by atoms with E-state index in [-0.39, 0.29) is 13.0 Å². The number of nitro groups is 1. The molecule has 0 unspecified atom stereocenters. The molecule has 1 aromatic carbocycles. The number of hydrogen-bond acceptors (Lipinski definition) is 5. The number of fused-ring (bicyclic) bond motifs is 2. The van der Waals surface area contributed by atoms with Crippen LogP contribution in [0, 0.1) is 16.0 Å². The monoisotopic (exact) mass is 355 g/mol. The molecule has 1 aliphatic carbocycles. The van der Waals surface area contributed by atoms with E-state index in [9.17, 15) is 20.0 Å². The van der Waals surface area contributed by atoms with Gasteiger partial charge in [-0.1, -0.05) is 34.1 Å². The van der Waals surface area contributed by atoms with Gasteiger partial charge in [-0.2, -0.15) is 0 Å². The highest BCUT2D eigenvalue weighted by molar-refractivity contribution is 9.10. The molecule has 3 rings (SSSR count). The van der Waals surface area contributed by atoms with E-state index in [1.165, 1.54) is 0 Å². The summed E-state index contributed by atoms with van der Waals surface area (Å²) in [4.78, 5) is 23.3. The van der Waals surface area contributed by atoms with Gasteiger partial charge >= 0.3 is 5.97 Å². The lowest BCUT2D eigenvalue weighted by Gasteiger charge is -2.46. The number of ether oxygens (including phenoxy) is 1. The first-order valence-electron chi connectivity index (χ1n) is 6.72. The molecule has 0 spiro atoms. The highest BCUT2D eigenvalue weighted by atomic mass is 79.9. The minimum absolute atomic E-state index is 0.238. The van der Waals surface area contributed by atoms with Crippen molar-refractivity contribution in [2.75, 3.05) is 6.61 Å². The molecule has 1 aliphatic heterocycles. The molecule has 2 fully saturated rings. The molecular weight excluding hydrogens is 342 g/mol. The molecule has 112 valence electrons. The molecule has 7 heteroatoms. The molecule has 1 N–H and O–H groups in total. The van der Waals surface area contributed by atoms with E-state index in [0.29, 0.717) is 16.5 Å². The number of aliphatic hydroxyl groups is 1. The third kappa shape index (κ3) is 1.98. The summed E-state index contributed by atoms with van der Waals surface area (Å²) in [6.07, 6.45) is -0.502. The number of carbonyl (C=O) groups excluding carboxylic acids is 1. The quantitative estimate of drug-likeness (QED) is 0.496. The largest absolute Gasteiger partial charge is 0.458 e. The van der Waals surface area contributed by atoms with E-state index in [1.54, 1.807) is 24.3 Å². The summed E-state index contributed by atoms with van der Waals surface area (Å²) >= 11 is 3.40. The molecule has 2 bridgehead atoms. The lowest BCUT2D eigenvalue weighted by molar-refractivity contribution is -0.599. The van der Waals surface area contributed by atoms with Gasteiger partial charge in [-0.3, -0.25) is 14.9 Å². The predicted molar refractivity (Wildman–Crippen MR) is 76.3 cm³/mol. The van der Waals surface area contributed by atoms with Gasteiger partial charge in [0.1, 0.15) is 6.10 Å². The van der Waals surface area contributed by atoms with Gasteiger partial charge in [0.2, 0.25) is 0 Å². The molecule has 0 aromatic heterocycles. The van der Waals surface area contributed by atoms with Crippen molar-refractivity contribution in [2.24, 2.45) is 5.92 Å². The number of hydrogen-bond donors (Lipinski definition) is 1. The fourth-order valence-electron chi connectivity index (χ4n) is 3.54. The number of nitrogens with zero attached hydrogens (tertiary/aromatic N) is 1. The van der Waals surface area contributed by atoms with E-state index < -0.39 is 34.4 Å². The van der Waals surface area contributed by atoms with Gasteiger partial charge < -0.3 is 9.84 Å². The molecule has 1 saturated carbocycles. The van der Waals surface area contributed by atoms with Crippen LogP contribution in [0.5, 0.6) is 0 Å². The molecule has 2 aliphatic rings. The summed E-state index contributed by atoms with van der Waals surface area (Å²) in [6.45, 7) is -0.386. The third-order valence-corrected chi connectivity index (χ3v) is 5.32. The van der Waals surface area contributed by atoms with E-state index >= 15 is 0 Å². The molecule has 1 aromatic rings. The third-order valence-electron chi connectivity index (χ3n) is 4.60. The van der Waals surface area contributed by atoms with Gasteiger partial charge in [0.25, 0.3) is 5.54 Å². The van der Waals surface area contributed by atoms with Crippen LogP contribution in [-0.2, 0) is 9.53 Å². The van der Waals surface area contributed by atoms with E-state index in [2.05, 4.69) is 15.9 Å². The molecule has 21 heavy (non-hydrogen) atoms. The van der Waals surface area contributed by atoms with Crippen LogP contribution in [0.15, 0.2) is 28.7 Å². The second-order valence-corrected chi connectivity index (χ2v) is 6.41. The molecule has 1 saturated heterocycles. The Morgan fingerprint density at radius 1 is 1.38 bits per heavy atom. The van der Waals surface area contributed by atoms with Crippen molar-refractivity contribution in [2.45, 2.75) is 30.4 Å². The van der Waals surface area contributed by atoms with Crippen molar-refractivity contribution in [1.82, 2.24) is 0 Å². The SMILES string of the molecule is O=C1OC[C@]2([N+](=O)[O-])[C@H](c3ccccc3Br)[C@H]1CC[C@@H]2O. The van der Waals surface area contributed by atoms with Crippen LogP contribution in [-0.4, -0.2) is 34.2 Å². The maximum atomic E-state index is 12.0. The normalized spacial score (nSPS) is 35.1. The minimum Gasteiger partial charge on any atom is -0.458 e. The van der Waals surface area contributed by atoms with Crippen molar-refractivity contribution in [3.8, 4) is 0 Å². The van der Waals surface area contributed by atoms with Crippen LogP contribution in [0.1, 0.15) is 24.3 Å². The van der Waals surface area contributed by atoms with Crippen LogP contribution in [0.4, 0.5) is 0 Å². The Hall–Kier alpha value is -1.47. The smallest absolute Gasteiger partial charge is 0.310 e. The molecule has 6 nitrogen and oxygen atoms in total. The Morgan fingerprint density at radius 2 is 2.10 bits per heavy atom. The Balaban J connectivity index is 2.19. The first-order valence-corrected chi connectivity index (χ1v) is 7.51. The summed E-state index contributed by atoms with van der Waals surface area (Å²) in [6, 6.07) is 7.12. The number of benzene rings is 1. The fraction of sp³-hybridized carbons (Fsp3) is 0.500. The fourth-order valence-corrected chi connectivity index (χ4v) is 4.08. The van der Waals surface area contributed by atoms with E-state index in [4.69, 9.17) is 4.74 Å². The second kappa shape index (κ2) is 5.06. The van der Waals surface area contributed by atoms with Crippen LogP contribution in [0.3, 0.4) is 0 Å². The summed E-state index contributed by atoms with van der Waals surface area (Å²) in [7, 11) is 0. The summed E-state index contributed by atoms with van der Waals surface area (Å²) < 4.78 is 5.72. The van der Waals surface area contributed by atoms with Crippen molar-refractivity contribution in [3.63, 3.8) is 0 Å². The molecule has 0 amide bonds. The standard InChI is InChI=1S/C14H14BrNO5/c15-10-4-2-1-3-8(10)12-9-5-6-11(17)14(12,16(19)20)7-21-13(9)18/h1-4,9,11-12,17H,5-7H2/t9-,11+,12-,14-/m1/s1. The van der Waals surface area contributed by atoms with Crippen molar-refractivity contribution < 1.29 is 19.6 Å². The zero-order chi connectivity index (χ0) is 15.2. The van der Waals surface area contributed by atoms with Gasteiger partial charge in [0.15, 0.2) is 6.61 Å². The lowest BCUT2D eigenvalue weighted by Crippen LogP contribution is -2.65. The maximum Gasteiger partial charge on any atom is 0.310 e. The lowest BCUT2D eigenvalue weighted by atomic mass is 9.62. The Kier molecular flexibility index (Phi) is 3.49. The number of halogens is 1. The highest BCUT2D eigenvalue weighted by Crippen LogP contribution is 2.51. The Labute approximate surface area is 129 Å². The van der Waals surface area contributed by atoms with Crippen LogP contribution in [0.25, 0.3) is 0 Å². The number of aliphatic hydroxyl groups excluding tert-OH is 1. The number of esters is 1. The van der Waals surface area contributed by atoms with Crippen molar-refractivity contribution in [3.05, 3.63) is 44.4 Å². The van der Waals surface area contributed by atoms with Crippen molar-refractivity contribution >= 4 is 21.9 Å². The number of carbonyl (C=O) groups is 1. The van der Waals surface area contributed by atoms with Gasteiger partial charge in [0, 0.05) is 9.40 Å². The first kappa shape index (κ1) is 14.5. The molecule has 4 atom stereocenters. The van der Waals surface area contributed by atoms with E-state index in [0.717, 1.165) is 0 Å². The topological polar surface area (TPSA) is 89.7 Å². The summed E-state index contributed by atoms with van der Waals surface area (Å²) in [5.41, 5.74) is -0.990. The highest BCUT2D eigenvalue weighted by Gasteiger charge is 2.67. The zero-order valence-corrected chi connectivity index (χ0v) is 12.7. The number of rotatable bonds is 2. The van der Waals surface area contributed by atoms with Gasteiger partial charge in [-0.15, -0.1) is 0 Å². The van der Waals surface area contributed by atoms with Gasteiger partial charge in [0.05, 0.1) is 11.8 Å². The van der Waals surface area contributed by atoms with Gasteiger partial charge in [-0.25, -0.2) is 0 Å². The van der Waals surface area contributed by atoms with Crippen LogP contribution >= 0.6 is 15.9 Å². The Morgan fingerprint density at radius 3 is 2.76 bits per heavy atom. The minimum atomic E-state index is -1.67. The molecular formula is C14H14BrNO5. The second-order valence-electron chi connectivity index (χ2n) is 5.55. The Bertz CT molecular complexity index is 607. The average molecular weight is 356 g/mol. The average Bonchev–Trinajstić information content (AvgIpc) is 2.45. The molecule has 1 heterocycles. The summed E-state index contributed by atoms with van der Waals surface area (Å²) in [5.74, 6) is -1.69. The van der Waals surface area contributed by atoms with E-state index in [1.807, 2.05) is 0 Å². The van der Waals surface area contributed by atoms with Crippen LogP contribution in [0.2, 0.25) is 0 Å². The number of cyclic esters (lactones) is 1. The first-order chi connectivity index (χ1) is 9.98. The predicted octanol–water partition coefficient (Wildman–Crippen LogP) is 1.88. The maximum absolute atomic E-state index is 12.0. The molecule has 0 radical (unpaired) electrons.